The summed E-state index contributed by atoms with van der Waals surface area (Å²) < 4.78 is 9.91. The van der Waals surface area contributed by atoms with Gasteiger partial charge in [-0.15, -0.1) is 0 Å². The second kappa shape index (κ2) is 7.05. The fourth-order valence-electron chi connectivity index (χ4n) is 2.36. The summed E-state index contributed by atoms with van der Waals surface area (Å²) in [6.07, 6.45) is -0.0168. The van der Waals surface area contributed by atoms with Crippen molar-refractivity contribution in [3.8, 4) is 0 Å². The lowest BCUT2D eigenvalue weighted by Crippen LogP contribution is -2.49. The number of amides is 1. The number of nitro benzene ring substituents is 1. The zero-order valence-corrected chi connectivity index (χ0v) is 12.6. The Kier molecular flexibility index (Phi) is 5.12. The zero-order valence-electron chi connectivity index (χ0n) is 12.6. The average Bonchev–Trinajstić information content (AvgIpc) is 2.54. The molecule has 1 fully saturated rings. The summed E-state index contributed by atoms with van der Waals surface area (Å²) in [4.78, 5) is 35.9. The number of nitrogens with zero attached hydrogens (tertiary/aromatic N) is 2. The van der Waals surface area contributed by atoms with E-state index in [2.05, 4.69) is 4.74 Å². The molecular weight excluding hydrogens is 306 g/mol. The van der Waals surface area contributed by atoms with E-state index in [-0.39, 0.29) is 36.5 Å². The highest BCUT2D eigenvalue weighted by molar-refractivity contribution is 6.00. The molecule has 0 radical (unpaired) electrons. The number of carbonyl (C=O) groups is 2. The molecule has 9 heteroatoms. The Morgan fingerprint density at radius 2 is 2.26 bits per heavy atom. The van der Waals surface area contributed by atoms with Gasteiger partial charge in [0.05, 0.1) is 43.3 Å². The third kappa shape index (κ3) is 3.75. The molecule has 2 N–H and O–H groups in total. The van der Waals surface area contributed by atoms with Gasteiger partial charge in [-0.3, -0.25) is 19.7 Å². The van der Waals surface area contributed by atoms with Crippen molar-refractivity contribution in [3.05, 3.63) is 33.9 Å². The number of benzene rings is 1. The number of nitrogen functional groups attached to an aromatic ring is 1. The predicted molar refractivity (Wildman–Crippen MR) is 79.8 cm³/mol. The molecule has 2 rings (SSSR count). The van der Waals surface area contributed by atoms with Gasteiger partial charge in [0.2, 0.25) is 0 Å². The van der Waals surface area contributed by atoms with Gasteiger partial charge < -0.3 is 20.1 Å². The Morgan fingerprint density at radius 1 is 1.52 bits per heavy atom. The summed E-state index contributed by atoms with van der Waals surface area (Å²) >= 11 is 0. The lowest BCUT2D eigenvalue weighted by molar-refractivity contribution is -0.384. The molecule has 1 atom stereocenters. The molecule has 0 saturated carbocycles. The highest BCUT2D eigenvalue weighted by Crippen LogP contribution is 2.23. The van der Waals surface area contributed by atoms with Gasteiger partial charge >= 0.3 is 5.97 Å². The van der Waals surface area contributed by atoms with Gasteiger partial charge in [0, 0.05) is 24.4 Å². The number of methoxy groups -OCH3 is 1. The minimum atomic E-state index is -0.596. The Hall–Kier alpha value is -2.68. The summed E-state index contributed by atoms with van der Waals surface area (Å²) in [5.41, 5.74) is 5.74. The SMILES string of the molecule is COC(=O)CC1COCCN1C(=O)c1cc([N+](=O)[O-])ccc1N. The van der Waals surface area contributed by atoms with E-state index in [4.69, 9.17) is 10.5 Å². The number of ether oxygens (including phenoxy) is 2. The van der Waals surface area contributed by atoms with Crippen molar-refractivity contribution in [1.82, 2.24) is 4.90 Å². The smallest absolute Gasteiger partial charge is 0.307 e. The lowest BCUT2D eigenvalue weighted by Gasteiger charge is -2.35. The number of esters is 1. The summed E-state index contributed by atoms with van der Waals surface area (Å²) in [5.74, 6) is -0.936. The van der Waals surface area contributed by atoms with Crippen LogP contribution in [0.5, 0.6) is 0 Å². The molecule has 1 aliphatic heterocycles. The lowest BCUT2D eigenvalue weighted by atomic mass is 10.1. The minimum Gasteiger partial charge on any atom is -0.469 e. The molecule has 1 aromatic carbocycles. The second-order valence-corrected chi connectivity index (χ2v) is 5.04. The van der Waals surface area contributed by atoms with Crippen molar-refractivity contribution < 1.29 is 24.0 Å². The number of nitrogens with two attached hydrogens (primary N) is 1. The zero-order chi connectivity index (χ0) is 17.0. The van der Waals surface area contributed by atoms with Crippen molar-refractivity contribution in [2.75, 3.05) is 32.6 Å². The monoisotopic (exact) mass is 323 g/mol. The first-order valence-corrected chi connectivity index (χ1v) is 6.93. The number of carbonyl (C=O) groups excluding carboxylic acids is 2. The maximum atomic E-state index is 12.7. The number of nitro groups is 1. The van der Waals surface area contributed by atoms with Gasteiger partial charge in [0.1, 0.15) is 0 Å². The van der Waals surface area contributed by atoms with Gasteiger partial charge in [0.15, 0.2) is 0 Å². The summed E-state index contributed by atoms with van der Waals surface area (Å²) in [7, 11) is 1.26. The quantitative estimate of drug-likeness (QED) is 0.372. The second-order valence-electron chi connectivity index (χ2n) is 5.04. The Balaban J connectivity index is 2.28. The molecule has 23 heavy (non-hydrogen) atoms. The van der Waals surface area contributed by atoms with Crippen LogP contribution in [0.1, 0.15) is 16.8 Å². The fraction of sp³-hybridized carbons (Fsp3) is 0.429. The standard InChI is InChI=1S/C14H17N3O6/c1-22-13(18)7-10-8-23-5-4-16(10)14(19)11-6-9(17(20)21)2-3-12(11)15/h2-3,6,10H,4-5,7-8,15H2,1H3. The van der Waals surface area contributed by atoms with Crippen LogP contribution in [0.4, 0.5) is 11.4 Å². The third-order valence-corrected chi connectivity index (χ3v) is 3.60. The molecule has 9 nitrogen and oxygen atoms in total. The van der Waals surface area contributed by atoms with E-state index in [0.29, 0.717) is 6.61 Å². The Morgan fingerprint density at radius 3 is 2.91 bits per heavy atom. The summed E-state index contributed by atoms with van der Waals surface area (Å²) in [6, 6.07) is 3.20. The van der Waals surface area contributed by atoms with Crippen molar-refractivity contribution in [3.63, 3.8) is 0 Å². The molecule has 0 aromatic heterocycles. The van der Waals surface area contributed by atoms with Crippen LogP contribution < -0.4 is 5.73 Å². The van der Waals surface area contributed by atoms with Gasteiger partial charge in [-0.1, -0.05) is 0 Å². The fourth-order valence-corrected chi connectivity index (χ4v) is 2.36. The van der Waals surface area contributed by atoms with E-state index in [9.17, 15) is 19.7 Å². The molecule has 1 aliphatic rings. The molecule has 1 saturated heterocycles. The Bertz CT molecular complexity index is 633. The molecule has 124 valence electrons. The van der Waals surface area contributed by atoms with Crippen LogP contribution in [0.25, 0.3) is 0 Å². The van der Waals surface area contributed by atoms with E-state index in [1.165, 1.54) is 24.1 Å². The van der Waals surface area contributed by atoms with Crippen molar-refractivity contribution in [1.29, 1.82) is 0 Å². The maximum Gasteiger partial charge on any atom is 0.307 e. The maximum absolute atomic E-state index is 12.7. The van der Waals surface area contributed by atoms with Crippen molar-refractivity contribution in [2.24, 2.45) is 0 Å². The first-order valence-electron chi connectivity index (χ1n) is 6.93. The van der Waals surface area contributed by atoms with E-state index in [1.807, 2.05) is 0 Å². The molecular formula is C14H17N3O6. The van der Waals surface area contributed by atoms with E-state index < -0.39 is 22.8 Å². The average molecular weight is 323 g/mol. The number of non-ortho nitro benzene ring substituents is 1. The van der Waals surface area contributed by atoms with Crippen LogP contribution in [0.15, 0.2) is 18.2 Å². The molecule has 1 amide bonds. The molecule has 1 aromatic rings. The van der Waals surface area contributed by atoms with E-state index in [1.54, 1.807) is 0 Å². The predicted octanol–water partition coefficient (Wildman–Crippen LogP) is 0.581. The molecule has 1 unspecified atom stereocenters. The van der Waals surface area contributed by atoms with Crippen LogP contribution in [0.2, 0.25) is 0 Å². The Labute approximate surface area is 132 Å². The highest BCUT2D eigenvalue weighted by atomic mass is 16.6. The minimum absolute atomic E-state index is 0.0168. The van der Waals surface area contributed by atoms with Gasteiger partial charge in [-0.2, -0.15) is 0 Å². The molecule has 0 aliphatic carbocycles. The first kappa shape index (κ1) is 16.7. The van der Waals surface area contributed by atoms with Crippen LogP contribution in [0, 0.1) is 10.1 Å². The van der Waals surface area contributed by atoms with Crippen molar-refractivity contribution >= 4 is 23.3 Å². The van der Waals surface area contributed by atoms with Gasteiger partial charge in [-0.05, 0) is 6.07 Å². The van der Waals surface area contributed by atoms with Crippen LogP contribution in [0.3, 0.4) is 0 Å². The van der Waals surface area contributed by atoms with Crippen LogP contribution >= 0.6 is 0 Å². The summed E-state index contributed by atoms with van der Waals surface area (Å²) in [6.45, 7) is 0.774. The van der Waals surface area contributed by atoms with Crippen LogP contribution in [-0.4, -0.2) is 54.6 Å². The third-order valence-electron chi connectivity index (χ3n) is 3.60. The van der Waals surface area contributed by atoms with E-state index >= 15 is 0 Å². The number of anilines is 1. The largest absolute Gasteiger partial charge is 0.469 e. The molecule has 0 bridgehead atoms. The number of hydrogen-bond donors (Lipinski definition) is 1. The normalized spacial score (nSPS) is 17.6. The summed E-state index contributed by atoms with van der Waals surface area (Å²) in [5, 5.41) is 10.9. The number of morpholine rings is 1. The molecule has 1 heterocycles. The van der Waals surface area contributed by atoms with E-state index in [0.717, 1.165) is 6.07 Å². The van der Waals surface area contributed by atoms with Crippen LogP contribution in [-0.2, 0) is 14.3 Å². The first-order chi connectivity index (χ1) is 10.9. The number of hydrogen-bond acceptors (Lipinski definition) is 7. The van der Waals surface area contributed by atoms with Gasteiger partial charge in [-0.25, -0.2) is 0 Å². The number of rotatable bonds is 4. The highest BCUT2D eigenvalue weighted by Gasteiger charge is 2.31. The topological polar surface area (TPSA) is 125 Å². The molecule has 0 spiro atoms. The van der Waals surface area contributed by atoms with Crippen molar-refractivity contribution in [2.45, 2.75) is 12.5 Å². The van der Waals surface area contributed by atoms with Gasteiger partial charge in [0.25, 0.3) is 11.6 Å².